The van der Waals surface area contributed by atoms with Gasteiger partial charge in [-0.05, 0) is 27.2 Å². The molecular weight excluding hydrogens is 190 g/mol. The number of likely N-dealkylation sites (N-methyl/N-ethyl adjacent to an activating group) is 2. The van der Waals surface area contributed by atoms with Crippen LogP contribution in [-0.4, -0.2) is 44.0 Å². The molecule has 0 aliphatic carbocycles. The Morgan fingerprint density at radius 1 is 1.27 bits per heavy atom. The zero-order valence-corrected chi connectivity index (χ0v) is 9.86. The molecule has 0 radical (unpaired) electrons. The number of hydrogen-bond donors (Lipinski definition) is 1. The van der Waals surface area contributed by atoms with Crippen molar-refractivity contribution in [2.45, 2.75) is 13.1 Å². The Balaban J connectivity index is 2.33. The summed E-state index contributed by atoms with van der Waals surface area (Å²) in [5.74, 6) is 0.983. The van der Waals surface area contributed by atoms with E-state index < -0.39 is 0 Å². The van der Waals surface area contributed by atoms with Crippen LogP contribution in [0.3, 0.4) is 0 Å². The van der Waals surface area contributed by atoms with Crippen molar-refractivity contribution >= 4 is 0 Å². The molecule has 1 aromatic rings. The van der Waals surface area contributed by atoms with Gasteiger partial charge in [0.1, 0.15) is 5.76 Å². The van der Waals surface area contributed by atoms with Crippen LogP contribution in [0.2, 0.25) is 0 Å². The van der Waals surface area contributed by atoms with Crippen LogP contribution in [0.15, 0.2) is 16.7 Å². The fourth-order valence-electron chi connectivity index (χ4n) is 1.33. The molecule has 15 heavy (non-hydrogen) atoms. The van der Waals surface area contributed by atoms with Gasteiger partial charge < -0.3 is 15.1 Å². The Hall–Kier alpha value is -0.840. The molecule has 0 aliphatic rings. The van der Waals surface area contributed by atoms with E-state index >= 15 is 0 Å². The molecule has 0 aromatic carbocycles. The number of hydrogen-bond acceptors (Lipinski definition) is 4. The smallest absolute Gasteiger partial charge is 0.118 e. The van der Waals surface area contributed by atoms with Gasteiger partial charge in [-0.1, -0.05) is 0 Å². The van der Waals surface area contributed by atoms with E-state index in [1.54, 1.807) is 6.26 Å². The van der Waals surface area contributed by atoms with Crippen LogP contribution in [0.1, 0.15) is 11.3 Å². The summed E-state index contributed by atoms with van der Waals surface area (Å²) in [6.45, 7) is 3.48. The van der Waals surface area contributed by atoms with Gasteiger partial charge in [0, 0.05) is 25.2 Å². The Labute approximate surface area is 91.6 Å². The zero-order valence-electron chi connectivity index (χ0n) is 9.86. The maximum atomic E-state index is 5.51. The normalized spacial score (nSPS) is 11.6. The van der Waals surface area contributed by atoms with E-state index in [1.807, 2.05) is 6.07 Å². The molecule has 86 valence electrons. The van der Waals surface area contributed by atoms with Crippen LogP contribution in [0.5, 0.6) is 0 Å². The molecule has 0 bridgehead atoms. The molecule has 2 N–H and O–H groups in total. The Morgan fingerprint density at radius 2 is 2.00 bits per heavy atom. The van der Waals surface area contributed by atoms with Crippen LogP contribution < -0.4 is 5.73 Å². The molecule has 0 fully saturated rings. The highest BCUT2D eigenvalue weighted by Crippen LogP contribution is 2.08. The molecule has 4 heteroatoms. The van der Waals surface area contributed by atoms with Crippen molar-refractivity contribution in [3.63, 3.8) is 0 Å². The van der Waals surface area contributed by atoms with E-state index in [2.05, 4.69) is 30.9 Å². The second-order valence-electron chi connectivity index (χ2n) is 4.17. The first-order valence-corrected chi connectivity index (χ1v) is 5.21. The monoisotopic (exact) mass is 211 g/mol. The highest BCUT2D eigenvalue weighted by molar-refractivity contribution is 5.12. The largest absolute Gasteiger partial charge is 0.468 e. The lowest BCUT2D eigenvalue weighted by Gasteiger charge is -2.17. The SMILES string of the molecule is CN(C)CCN(C)Cc1cc(CN)co1. The van der Waals surface area contributed by atoms with Crippen molar-refractivity contribution < 1.29 is 4.42 Å². The van der Waals surface area contributed by atoms with Gasteiger partial charge in [0.25, 0.3) is 0 Å². The van der Waals surface area contributed by atoms with Gasteiger partial charge >= 0.3 is 0 Å². The first kappa shape index (κ1) is 12.2. The summed E-state index contributed by atoms with van der Waals surface area (Å²) < 4.78 is 5.40. The topological polar surface area (TPSA) is 45.6 Å². The lowest BCUT2D eigenvalue weighted by molar-refractivity contribution is 0.258. The van der Waals surface area contributed by atoms with E-state index in [-0.39, 0.29) is 0 Å². The van der Waals surface area contributed by atoms with Crippen LogP contribution in [0, 0.1) is 0 Å². The molecule has 0 aliphatic heterocycles. The van der Waals surface area contributed by atoms with E-state index in [4.69, 9.17) is 10.2 Å². The first-order valence-electron chi connectivity index (χ1n) is 5.21. The standard InChI is InChI=1S/C11H21N3O/c1-13(2)4-5-14(3)8-11-6-10(7-12)9-15-11/h6,9H,4-5,7-8,12H2,1-3H3. The average molecular weight is 211 g/mol. The predicted octanol–water partition coefficient (Wildman–Crippen LogP) is 0.732. The highest BCUT2D eigenvalue weighted by atomic mass is 16.3. The van der Waals surface area contributed by atoms with Gasteiger partial charge in [0.2, 0.25) is 0 Å². The average Bonchev–Trinajstić information content (AvgIpc) is 2.62. The summed E-state index contributed by atoms with van der Waals surface area (Å²) in [5, 5.41) is 0. The zero-order chi connectivity index (χ0) is 11.3. The van der Waals surface area contributed by atoms with Gasteiger partial charge in [-0.3, -0.25) is 4.90 Å². The van der Waals surface area contributed by atoms with Crippen LogP contribution in [-0.2, 0) is 13.1 Å². The maximum Gasteiger partial charge on any atom is 0.118 e. The fourth-order valence-corrected chi connectivity index (χ4v) is 1.33. The molecule has 0 saturated heterocycles. The predicted molar refractivity (Wildman–Crippen MR) is 61.5 cm³/mol. The van der Waals surface area contributed by atoms with E-state index in [0.29, 0.717) is 6.54 Å². The van der Waals surface area contributed by atoms with E-state index in [0.717, 1.165) is 31.0 Å². The minimum absolute atomic E-state index is 0.547. The number of nitrogens with two attached hydrogens (primary N) is 1. The molecule has 0 unspecified atom stereocenters. The third-order valence-corrected chi connectivity index (χ3v) is 2.30. The molecule has 0 saturated carbocycles. The second-order valence-corrected chi connectivity index (χ2v) is 4.17. The van der Waals surface area contributed by atoms with Gasteiger partial charge in [-0.25, -0.2) is 0 Å². The van der Waals surface area contributed by atoms with Crippen LogP contribution >= 0.6 is 0 Å². The van der Waals surface area contributed by atoms with Gasteiger partial charge in [-0.2, -0.15) is 0 Å². The summed E-state index contributed by atoms with van der Waals surface area (Å²) in [4.78, 5) is 4.41. The molecular formula is C11H21N3O. The van der Waals surface area contributed by atoms with Crippen molar-refractivity contribution in [2.24, 2.45) is 5.73 Å². The quantitative estimate of drug-likeness (QED) is 0.753. The summed E-state index contributed by atoms with van der Waals surface area (Å²) >= 11 is 0. The Morgan fingerprint density at radius 3 is 2.53 bits per heavy atom. The minimum atomic E-state index is 0.547. The van der Waals surface area contributed by atoms with Crippen molar-refractivity contribution in [1.82, 2.24) is 9.80 Å². The summed E-state index contributed by atoms with van der Waals surface area (Å²) in [5.41, 5.74) is 6.57. The molecule has 0 amide bonds. The third-order valence-electron chi connectivity index (χ3n) is 2.30. The fraction of sp³-hybridized carbons (Fsp3) is 0.636. The molecule has 0 spiro atoms. The van der Waals surface area contributed by atoms with Crippen LogP contribution in [0.25, 0.3) is 0 Å². The van der Waals surface area contributed by atoms with E-state index in [1.165, 1.54) is 0 Å². The summed E-state index contributed by atoms with van der Waals surface area (Å²) in [6.07, 6.45) is 1.73. The van der Waals surface area contributed by atoms with Gasteiger partial charge in [0.05, 0.1) is 12.8 Å². The van der Waals surface area contributed by atoms with Crippen molar-refractivity contribution in [3.05, 3.63) is 23.7 Å². The Kier molecular flexibility index (Phi) is 4.81. The number of furan rings is 1. The lowest BCUT2D eigenvalue weighted by Crippen LogP contribution is -2.28. The first-order chi connectivity index (χ1) is 7.11. The Bertz CT molecular complexity index is 283. The third kappa shape index (κ3) is 4.46. The highest BCUT2D eigenvalue weighted by Gasteiger charge is 2.04. The van der Waals surface area contributed by atoms with Crippen molar-refractivity contribution in [1.29, 1.82) is 0 Å². The molecule has 0 atom stereocenters. The summed E-state index contributed by atoms with van der Waals surface area (Å²) in [7, 11) is 6.24. The second kappa shape index (κ2) is 5.90. The van der Waals surface area contributed by atoms with Gasteiger partial charge in [0.15, 0.2) is 0 Å². The van der Waals surface area contributed by atoms with Crippen molar-refractivity contribution in [2.75, 3.05) is 34.2 Å². The number of rotatable bonds is 6. The van der Waals surface area contributed by atoms with Crippen LogP contribution in [0.4, 0.5) is 0 Å². The minimum Gasteiger partial charge on any atom is -0.468 e. The van der Waals surface area contributed by atoms with E-state index in [9.17, 15) is 0 Å². The molecule has 1 heterocycles. The maximum absolute atomic E-state index is 5.51. The molecule has 1 rings (SSSR count). The van der Waals surface area contributed by atoms with Crippen molar-refractivity contribution in [3.8, 4) is 0 Å². The lowest BCUT2D eigenvalue weighted by atomic mass is 10.3. The van der Waals surface area contributed by atoms with Gasteiger partial charge in [-0.15, -0.1) is 0 Å². The molecule has 4 nitrogen and oxygen atoms in total. The number of nitrogens with zero attached hydrogens (tertiary/aromatic N) is 2. The molecule has 1 aromatic heterocycles. The summed E-state index contributed by atoms with van der Waals surface area (Å²) in [6, 6.07) is 2.02.